The quantitative estimate of drug-likeness (QED) is 0.539. The van der Waals surface area contributed by atoms with Crippen LogP contribution in [-0.2, 0) is 9.53 Å². The van der Waals surface area contributed by atoms with Crippen LogP contribution >= 0.6 is 0 Å². The third kappa shape index (κ3) is 2.39. The first-order valence-corrected chi connectivity index (χ1v) is 4.16. The van der Waals surface area contributed by atoms with E-state index in [1.54, 1.807) is 43.5 Å². The van der Waals surface area contributed by atoms with Crippen molar-refractivity contribution in [2.45, 2.75) is 0 Å². The number of carbonyl (C=O) groups is 1. The highest BCUT2D eigenvalue weighted by Gasteiger charge is 2.12. The van der Waals surface area contributed by atoms with E-state index in [1.165, 1.54) is 7.11 Å². The van der Waals surface area contributed by atoms with Gasteiger partial charge in [0, 0.05) is 20.2 Å². The van der Waals surface area contributed by atoms with Crippen molar-refractivity contribution >= 4 is 12.0 Å². The molecule has 1 heterocycles. The number of likely N-dealkylation sites (N-methyl/N-ethyl adjacent to an activating group) is 1. The molecule has 76 valence electrons. The van der Waals surface area contributed by atoms with Crippen LogP contribution < -0.4 is 0 Å². The summed E-state index contributed by atoms with van der Waals surface area (Å²) in [6, 6.07) is 3.53. The monoisotopic (exact) mass is 195 g/mol. The van der Waals surface area contributed by atoms with E-state index in [-0.39, 0.29) is 5.97 Å². The predicted molar refractivity (Wildman–Crippen MR) is 52.4 cm³/mol. The lowest BCUT2D eigenvalue weighted by molar-refractivity contribution is -0.137. The average Bonchev–Trinajstić information content (AvgIpc) is 2.65. The number of rotatable bonds is 3. The van der Waals surface area contributed by atoms with Crippen molar-refractivity contribution in [1.82, 2.24) is 4.90 Å². The summed E-state index contributed by atoms with van der Waals surface area (Å²) in [5.74, 6) is 0.241. The van der Waals surface area contributed by atoms with Gasteiger partial charge in [-0.1, -0.05) is 0 Å². The van der Waals surface area contributed by atoms with Crippen molar-refractivity contribution in [2.24, 2.45) is 0 Å². The van der Waals surface area contributed by atoms with Crippen LogP contribution in [0, 0.1) is 0 Å². The van der Waals surface area contributed by atoms with Gasteiger partial charge in [0.25, 0.3) is 0 Å². The fraction of sp³-hybridized carbons (Fsp3) is 0.300. The first-order chi connectivity index (χ1) is 6.65. The first kappa shape index (κ1) is 10.4. The molecule has 14 heavy (non-hydrogen) atoms. The van der Waals surface area contributed by atoms with Crippen molar-refractivity contribution in [3.05, 3.63) is 29.9 Å². The molecule has 0 fully saturated rings. The van der Waals surface area contributed by atoms with E-state index in [0.29, 0.717) is 11.5 Å². The van der Waals surface area contributed by atoms with Gasteiger partial charge in [-0.25, -0.2) is 4.79 Å². The summed E-state index contributed by atoms with van der Waals surface area (Å²) >= 11 is 0. The fourth-order valence-electron chi connectivity index (χ4n) is 0.983. The summed E-state index contributed by atoms with van der Waals surface area (Å²) in [5.41, 5.74) is 0.447. The van der Waals surface area contributed by atoms with Crippen LogP contribution in [0.4, 0.5) is 0 Å². The Hall–Kier alpha value is -1.71. The molecule has 0 aliphatic rings. The molecule has 0 saturated heterocycles. The highest BCUT2D eigenvalue weighted by Crippen LogP contribution is 2.10. The van der Waals surface area contributed by atoms with Crippen LogP contribution in [0.15, 0.2) is 28.5 Å². The van der Waals surface area contributed by atoms with Crippen LogP contribution in [0.2, 0.25) is 0 Å². The Balaban J connectivity index is 2.93. The Bertz CT molecular complexity index is 325. The molecular formula is C10H13NO3. The van der Waals surface area contributed by atoms with E-state index >= 15 is 0 Å². The zero-order valence-electron chi connectivity index (χ0n) is 8.48. The summed E-state index contributed by atoms with van der Waals surface area (Å²) in [6.45, 7) is 0. The number of carbonyl (C=O) groups excluding carboxylic acids is 1. The molecule has 1 aromatic rings. The number of furan rings is 1. The molecule has 0 aliphatic carbocycles. The van der Waals surface area contributed by atoms with E-state index in [2.05, 4.69) is 4.74 Å². The second kappa shape index (κ2) is 4.50. The van der Waals surface area contributed by atoms with Gasteiger partial charge in [-0.2, -0.15) is 0 Å². The summed E-state index contributed by atoms with van der Waals surface area (Å²) in [5, 5.41) is 0. The molecule has 4 nitrogen and oxygen atoms in total. The Kier molecular flexibility index (Phi) is 3.34. The maximum Gasteiger partial charge on any atom is 0.354 e. The molecule has 0 N–H and O–H groups in total. The average molecular weight is 195 g/mol. The number of nitrogens with zero attached hydrogens (tertiary/aromatic N) is 1. The van der Waals surface area contributed by atoms with E-state index in [9.17, 15) is 4.79 Å². The van der Waals surface area contributed by atoms with Gasteiger partial charge in [-0.05, 0) is 12.1 Å². The van der Waals surface area contributed by atoms with Gasteiger partial charge >= 0.3 is 5.97 Å². The molecule has 0 bridgehead atoms. The highest BCUT2D eigenvalue weighted by molar-refractivity contribution is 5.92. The van der Waals surface area contributed by atoms with Crippen molar-refractivity contribution in [3.63, 3.8) is 0 Å². The minimum atomic E-state index is -0.383. The minimum absolute atomic E-state index is 0.383. The van der Waals surface area contributed by atoms with Crippen LogP contribution in [0.25, 0.3) is 6.08 Å². The Morgan fingerprint density at radius 3 is 2.71 bits per heavy atom. The molecule has 0 aromatic carbocycles. The lowest BCUT2D eigenvalue weighted by Gasteiger charge is -2.13. The summed E-state index contributed by atoms with van der Waals surface area (Å²) in [4.78, 5) is 13.0. The zero-order chi connectivity index (χ0) is 10.6. The first-order valence-electron chi connectivity index (χ1n) is 4.16. The lowest BCUT2D eigenvalue weighted by Crippen LogP contribution is -2.20. The van der Waals surface area contributed by atoms with Crippen LogP contribution in [0.5, 0.6) is 0 Å². The summed E-state index contributed by atoms with van der Waals surface area (Å²) < 4.78 is 9.73. The van der Waals surface area contributed by atoms with Gasteiger partial charge in [0.05, 0.1) is 13.4 Å². The Morgan fingerprint density at radius 1 is 1.57 bits per heavy atom. The third-order valence-electron chi connectivity index (χ3n) is 1.70. The number of methoxy groups -OCH3 is 1. The molecule has 1 aromatic heterocycles. The second-order valence-electron chi connectivity index (χ2n) is 2.93. The molecule has 0 saturated carbocycles. The molecule has 0 amide bonds. The van der Waals surface area contributed by atoms with Crippen molar-refractivity contribution in [3.8, 4) is 0 Å². The van der Waals surface area contributed by atoms with Gasteiger partial charge in [0.1, 0.15) is 11.5 Å². The fourth-order valence-corrected chi connectivity index (χ4v) is 0.983. The Labute approximate surface area is 82.8 Å². The third-order valence-corrected chi connectivity index (χ3v) is 1.70. The van der Waals surface area contributed by atoms with Crippen molar-refractivity contribution in [1.29, 1.82) is 0 Å². The van der Waals surface area contributed by atoms with Gasteiger partial charge in [0.15, 0.2) is 0 Å². The van der Waals surface area contributed by atoms with E-state index in [1.807, 2.05) is 0 Å². The van der Waals surface area contributed by atoms with E-state index in [0.717, 1.165) is 0 Å². The van der Waals surface area contributed by atoms with E-state index < -0.39 is 0 Å². The Morgan fingerprint density at radius 2 is 2.29 bits per heavy atom. The topological polar surface area (TPSA) is 42.7 Å². The molecule has 0 unspecified atom stereocenters. The number of hydrogen-bond acceptors (Lipinski definition) is 4. The van der Waals surface area contributed by atoms with Crippen LogP contribution in [0.3, 0.4) is 0 Å². The lowest BCUT2D eigenvalue weighted by atomic mass is 10.3. The van der Waals surface area contributed by atoms with E-state index in [4.69, 9.17) is 4.42 Å². The minimum Gasteiger partial charge on any atom is -0.465 e. The molecule has 4 heteroatoms. The number of ether oxygens (including phenoxy) is 1. The van der Waals surface area contributed by atoms with Gasteiger partial charge in [0.2, 0.25) is 0 Å². The molecular weight excluding hydrogens is 182 g/mol. The molecule has 0 atom stereocenters. The molecule has 1 rings (SSSR count). The number of hydrogen-bond donors (Lipinski definition) is 0. The van der Waals surface area contributed by atoms with Crippen molar-refractivity contribution in [2.75, 3.05) is 21.2 Å². The molecule has 0 radical (unpaired) electrons. The zero-order valence-corrected chi connectivity index (χ0v) is 8.48. The smallest absolute Gasteiger partial charge is 0.354 e. The van der Waals surface area contributed by atoms with Gasteiger partial charge in [-0.3, -0.25) is 0 Å². The second-order valence-corrected chi connectivity index (χ2v) is 2.93. The SMILES string of the molecule is COC(=O)/C(=C\c1ccco1)N(C)C. The predicted octanol–water partition coefficient (Wildman–Crippen LogP) is 1.36. The maximum atomic E-state index is 11.3. The van der Waals surface area contributed by atoms with Crippen molar-refractivity contribution < 1.29 is 13.9 Å². The van der Waals surface area contributed by atoms with Crippen LogP contribution in [0.1, 0.15) is 5.76 Å². The normalized spacial score (nSPS) is 11.2. The summed E-state index contributed by atoms with van der Waals surface area (Å²) in [7, 11) is 4.89. The standard InChI is InChI=1S/C10H13NO3/c1-11(2)9(10(12)13-3)7-8-5-4-6-14-8/h4-7H,1-3H3/b9-7+. The van der Waals surface area contributed by atoms with Gasteiger partial charge in [-0.15, -0.1) is 0 Å². The number of esters is 1. The molecule has 0 spiro atoms. The molecule has 0 aliphatic heterocycles. The van der Waals surface area contributed by atoms with Crippen LogP contribution in [-0.4, -0.2) is 32.1 Å². The van der Waals surface area contributed by atoms with Gasteiger partial charge < -0.3 is 14.1 Å². The largest absolute Gasteiger partial charge is 0.465 e. The summed E-state index contributed by atoms with van der Waals surface area (Å²) in [6.07, 6.45) is 3.18. The maximum absolute atomic E-state index is 11.3. The highest BCUT2D eigenvalue weighted by atomic mass is 16.5.